The van der Waals surface area contributed by atoms with Crippen molar-refractivity contribution >= 4 is 76.7 Å². The van der Waals surface area contributed by atoms with Crippen molar-refractivity contribution in [3.63, 3.8) is 0 Å². The molecule has 0 bridgehead atoms. The van der Waals surface area contributed by atoms with Crippen molar-refractivity contribution in [3.05, 3.63) is 176 Å². The second-order valence-corrected chi connectivity index (χ2v) is 16.2. The van der Waals surface area contributed by atoms with Gasteiger partial charge in [-0.05, 0) is 77.7 Å². The third kappa shape index (κ3) is 5.14. The maximum absolute atomic E-state index is 7.04. The quantitative estimate of drug-likeness (QED) is 0.129. The van der Waals surface area contributed by atoms with Crippen molar-refractivity contribution in [3.8, 4) is 28.7 Å². The molecule has 59 heavy (non-hydrogen) atoms. The van der Waals surface area contributed by atoms with Gasteiger partial charge in [-0.2, -0.15) is 0 Å². The van der Waals surface area contributed by atoms with Crippen LogP contribution in [0, 0.1) is 6.33 Å². The van der Waals surface area contributed by atoms with Gasteiger partial charge in [0.05, 0.1) is 44.2 Å². The molecule has 7 nitrogen and oxygen atoms in total. The van der Waals surface area contributed by atoms with E-state index in [9.17, 15) is 0 Å². The Kier molecular flexibility index (Phi) is 7.06. The summed E-state index contributed by atoms with van der Waals surface area (Å²) in [5.74, 6) is 2.23. The topological polar surface area (TPSA) is 62.1 Å². The van der Waals surface area contributed by atoms with E-state index in [4.69, 9.17) is 18.6 Å². The molecule has 7 aromatic carbocycles. The van der Waals surface area contributed by atoms with Crippen LogP contribution < -0.4 is 9.30 Å². The highest BCUT2D eigenvalue weighted by Gasteiger charge is 2.24. The molecule has 0 radical (unpaired) electrons. The van der Waals surface area contributed by atoms with E-state index in [1.807, 2.05) is 60.8 Å². The number of fused-ring (bicyclic) bond motifs is 11. The van der Waals surface area contributed by atoms with Crippen LogP contribution in [0.2, 0.25) is 0 Å². The van der Waals surface area contributed by atoms with Crippen LogP contribution in [0.4, 0.5) is 0 Å². The largest absolute Gasteiger partial charge is 0.457 e. The zero-order valence-corrected chi connectivity index (χ0v) is 32.6. The summed E-state index contributed by atoms with van der Waals surface area (Å²) >= 11 is 0. The number of benzene rings is 7. The lowest BCUT2D eigenvalue weighted by atomic mass is 9.88. The van der Waals surface area contributed by atoms with Gasteiger partial charge in [0.15, 0.2) is 0 Å². The molecule has 0 aliphatic carbocycles. The average Bonchev–Trinajstić information content (AvgIpc) is 4.02. The minimum absolute atomic E-state index is 0.0498. The lowest BCUT2D eigenvalue weighted by molar-refractivity contribution is -0.572. The predicted octanol–water partition coefficient (Wildman–Crippen LogP) is 13.1. The zero-order chi connectivity index (χ0) is 39.4. The van der Waals surface area contributed by atoms with Crippen molar-refractivity contribution < 1.29 is 18.1 Å². The fourth-order valence-corrected chi connectivity index (χ4v) is 8.74. The standard InChI is InChI=1S/C52H36N4O3/c1-52(2,3)32-25-26-53-48(27-32)56-40-18-7-4-16-37(40)49-43(56)30-47(50-38-17-6-11-22-45(38)59-51(49)50)57-35-14-12-13-33(28-35)54-31-55(42-20-9-8-19-41(42)54)34-23-24-46-39(29-34)36-15-5-10-21-44(36)58-46/h4-30H,1-3H3. The van der Waals surface area contributed by atoms with E-state index in [0.717, 1.165) is 93.9 Å². The van der Waals surface area contributed by atoms with E-state index in [0.29, 0.717) is 11.5 Å². The number of aromatic nitrogens is 4. The van der Waals surface area contributed by atoms with Gasteiger partial charge in [0.1, 0.15) is 39.6 Å². The molecule has 7 heteroatoms. The number of nitrogens with zero attached hydrogens (tertiary/aromatic N) is 4. The SMILES string of the molecule is CC(C)(C)c1ccnc(-n2c3ccccc3c3c4oc5ccccc5c4c(Oc4cccc(-n5[c-][n+](-c6ccc7oc8ccccc8c7c6)c6ccccc65)c4)cc32)c1. The summed E-state index contributed by atoms with van der Waals surface area (Å²) in [5, 5.41) is 6.19. The minimum atomic E-state index is -0.0498. The number of hydrogen-bond donors (Lipinski definition) is 0. The summed E-state index contributed by atoms with van der Waals surface area (Å²) < 4.78 is 26.4. The smallest absolute Gasteiger partial charge is 0.269 e. The Labute approximate surface area is 338 Å². The third-order valence-electron chi connectivity index (χ3n) is 11.6. The lowest BCUT2D eigenvalue weighted by Crippen LogP contribution is -2.29. The normalized spacial score (nSPS) is 12.3. The maximum Gasteiger partial charge on any atom is 0.269 e. The van der Waals surface area contributed by atoms with Gasteiger partial charge >= 0.3 is 0 Å². The number of hydrogen-bond acceptors (Lipinski definition) is 4. The Morgan fingerprint density at radius 1 is 0.593 bits per heavy atom. The first kappa shape index (κ1) is 33.5. The van der Waals surface area contributed by atoms with E-state index in [-0.39, 0.29) is 5.41 Å². The first-order chi connectivity index (χ1) is 28.9. The second kappa shape index (κ2) is 12.4. The summed E-state index contributed by atoms with van der Waals surface area (Å²) in [7, 11) is 0. The average molecular weight is 765 g/mol. The number of imidazole rings is 1. The molecule has 0 amide bonds. The molecule has 5 aromatic heterocycles. The summed E-state index contributed by atoms with van der Waals surface area (Å²) in [6, 6.07) is 54.1. The molecule has 0 atom stereocenters. The summed E-state index contributed by atoms with van der Waals surface area (Å²) in [4.78, 5) is 4.93. The minimum Gasteiger partial charge on any atom is -0.457 e. The van der Waals surface area contributed by atoms with Crippen molar-refractivity contribution in [2.75, 3.05) is 0 Å². The van der Waals surface area contributed by atoms with E-state index in [1.54, 1.807) is 0 Å². The number of para-hydroxylation sites is 5. The van der Waals surface area contributed by atoms with E-state index < -0.39 is 0 Å². The Hall–Kier alpha value is -7.64. The number of pyridine rings is 1. The van der Waals surface area contributed by atoms with Gasteiger partial charge in [-0.1, -0.05) is 106 Å². The van der Waals surface area contributed by atoms with Gasteiger partial charge in [-0.15, -0.1) is 0 Å². The summed E-state index contributed by atoms with van der Waals surface area (Å²) in [6.45, 7) is 6.68. The van der Waals surface area contributed by atoms with E-state index in [1.165, 1.54) is 5.56 Å². The fourth-order valence-electron chi connectivity index (χ4n) is 8.74. The van der Waals surface area contributed by atoms with Crippen molar-refractivity contribution in [1.82, 2.24) is 14.1 Å². The van der Waals surface area contributed by atoms with Crippen LogP contribution in [0.1, 0.15) is 26.3 Å². The Balaban J connectivity index is 1.03. The Bertz CT molecular complexity index is 3650. The zero-order valence-electron chi connectivity index (χ0n) is 32.6. The molecule has 12 rings (SSSR count). The van der Waals surface area contributed by atoms with Crippen LogP contribution in [0.25, 0.3) is 93.9 Å². The molecule has 0 aliphatic heterocycles. The van der Waals surface area contributed by atoms with Gasteiger partial charge in [0.2, 0.25) is 0 Å². The highest BCUT2D eigenvalue weighted by Crippen LogP contribution is 2.46. The number of ether oxygens (including phenoxy) is 1. The molecule has 0 spiro atoms. The van der Waals surface area contributed by atoms with E-state index in [2.05, 4.69) is 144 Å². The van der Waals surface area contributed by atoms with Gasteiger partial charge < -0.3 is 13.6 Å². The Morgan fingerprint density at radius 3 is 2.17 bits per heavy atom. The first-order valence-corrected chi connectivity index (χ1v) is 19.9. The van der Waals surface area contributed by atoms with Gasteiger partial charge in [0, 0.05) is 33.8 Å². The molecule has 5 heterocycles. The van der Waals surface area contributed by atoms with E-state index >= 15 is 0 Å². The molecular weight excluding hydrogens is 729 g/mol. The second-order valence-electron chi connectivity index (χ2n) is 16.2. The van der Waals surface area contributed by atoms with Crippen molar-refractivity contribution in [2.24, 2.45) is 0 Å². The van der Waals surface area contributed by atoms with Gasteiger partial charge in [0.25, 0.3) is 6.33 Å². The van der Waals surface area contributed by atoms with Crippen molar-refractivity contribution in [1.29, 1.82) is 0 Å². The molecule has 0 unspecified atom stereocenters. The molecule has 0 saturated heterocycles. The Morgan fingerprint density at radius 2 is 1.32 bits per heavy atom. The summed E-state index contributed by atoms with van der Waals surface area (Å²) in [6.07, 6.45) is 5.58. The molecule has 282 valence electrons. The monoisotopic (exact) mass is 764 g/mol. The number of rotatable bonds is 5. The molecule has 0 aliphatic rings. The molecule has 0 N–H and O–H groups in total. The van der Waals surface area contributed by atoms with Gasteiger partial charge in [-0.25, -0.2) is 4.98 Å². The highest BCUT2D eigenvalue weighted by molar-refractivity contribution is 6.25. The van der Waals surface area contributed by atoms with Crippen LogP contribution in [0.5, 0.6) is 11.5 Å². The van der Waals surface area contributed by atoms with Crippen molar-refractivity contribution in [2.45, 2.75) is 26.2 Å². The van der Waals surface area contributed by atoms with Crippen LogP contribution in [0.15, 0.2) is 173 Å². The van der Waals surface area contributed by atoms with Crippen LogP contribution >= 0.6 is 0 Å². The third-order valence-corrected chi connectivity index (χ3v) is 11.6. The van der Waals surface area contributed by atoms with Gasteiger partial charge in [-0.3, -0.25) is 13.7 Å². The first-order valence-electron chi connectivity index (χ1n) is 19.9. The summed E-state index contributed by atoms with van der Waals surface area (Å²) in [5.41, 5.74) is 10.4. The highest BCUT2D eigenvalue weighted by atomic mass is 16.5. The maximum atomic E-state index is 7.04. The van der Waals surface area contributed by atoms with Crippen LogP contribution in [-0.2, 0) is 5.41 Å². The fraction of sp³-hybridized carbons (Fsp3) is 0.0769. The predicted molar refractivity (Wildman–Crippen MR) is 236 cm³/mol. The lowest BCUT2D eigenvalue weighted by Gasteiger charge is -2.20. The molecule has 0 fully saturated rings. The number of furan rings is 2. The molecule has 12 aromatic rings. The van der Waals surface area contributed by atoms with Crippen LogP contribution in [-0.4, -0.2) is 14.1 Å². The van der Waals surface area contributed by atoms with Crippen LogP contribution in [0.3, 0.4) is 0 Å². The molecule has 0 saturated carbocycles. The molecular formula is C52H36N4O3.